The normalized spacial score (nSPS) is 34.8. The van der Waals surface area contributed by atoms with Gasteiger partial charge in [-0.25, -0.2) is 0 Å². The molecule has 4 aliphatic rings. The Bertz CT molecular complexity index is 892. The summed E-state index contributed by atoms with van der Waals surface area (Å²) in [5.41, 5.74) is -2.01. The summed E-state index contributed by atoms with van der Waals surface area (Å²) in [4.78, 5) is 27.8. The number of carbonyl (C=O) groups excluding carboxylic acids is 2. The molecule has 176 valence electrons. The third kappa shape index (κ3) is 2.55. The fourth-order valence-corrected chi connectivity index (χ4v) is 6.12. The number of carbonyl (C=O) groups is 2. The van der Waals surface area contributed by atoms with Gasteiger partial charge in [-0.15, -0.1) is 6.58 Å². The van der Waals surface area contributed by atoms with E-state index in [4.69, 9.17) is 28.4 Å². The van der Waals surface area contributed by atoms with E-state index in [1.165, 1.54) is 42.7 Å². The van der Waals surface area contributed by atoms with Crippen LogP contribution in [0.15, 0.2) is 48.3 Å². The van der Waals surface area contributed by atoms with Crippen LogP contribution in [0.1, 0.15) is 13.3 Å². The van der Waals surface area contributed by atoms with Crippen LogP contribution in [-0.2, 0) is 38.0 Å². The fourth-order valence-electron chi connectivity index (χ4n) is 6.12. The number of Topliss-reactive ketones (excluding diaryl/α,β-unsaturated/α-hetero) is 2. The van der Waals surface area contributed by atoms with E-state index in [9.17, 15) is 9.59 Å². The van der Waals surface area contributed by atoms with Crippen molar-refractivity contribution in [2.45, 2.75) is 30.5 Å². The Hall–Kier alpha value is -2.10. The summed E-state index contributed by atoms with van der Waals surface area (Å²) in [6.07, 6.45) is 9.09. The van der Waals surface area contributed by atoms with Crippen molar-refractivity contribution >= 4 is 11.6 Å². The molecule has 32 heavy (non-hydrogen) atoms. The molecule has 0 radical (unpaired) electrons. The number of rotatable bonds is 9. The lowest BCUT2D eigenvalue weighted by atomic mass is 9.41. The number of hydrogen-bond acceptors (Lipinski definition) is 8. The minimum Gasteiger partial charge on any atom is -0.493 e. The molecule has 8 nitrogen and oxygen atoms in total. The zero-order valence-corrected chi connectivity index (χ0v) is 19.7. The highest BCUT2D eigenvalue weighted by Crippen LogP contribution is 2.68. The van der Waals surface area contributed by atoms with Gasteiger partial charge in [-0.1, -0.05) is 18.2 Å². The zero-order valence-electron chi connectivity index (χ0n) is 19.7. The Morgan fingerprint density at radius 1 is 0.938 bits per heavy atom. The molecule has 0 aromatic rings. The predicted octanol–water partition coefficient (Wildman–Crippen LogP) is 2.36. The smallest absolute Gasteiger partial charge is 0.256 e. The van der Waals surface area contributed by atoms with Gasteiger partial charge in [0.1, 0.15) is 0 Å². The van der Waals surface area contributed by atoms with Gasteiger partial charge in [0.15, 0.2) is 11.4 Å². The molecule has 4 atom stereocenters. The maximum atomic E-state index is 14.2. The van der Waals surface area contributed by atoms with E-state index in [2.05, 4.69) is 6.58 Å². The van der Waals surface area contributed by atoms with Crippen molar-refractivity contribution < 1.29 is 38.0 Å². The summed E-state index contributed by atoms with van der Waals surface area (Å²) < 4.78 is 34.8. The zero-order chi connectivity index (χ0) is 23.9. The van der Waals surface area contributed by atoms with Crippen LogP contribution >= 0.6 is 0 Å². The Kier molecular flexibility index (Phi) is 6.40. The second kappa shape index (κ2) is 8.35. The van der Waals surface area contributed by atoms with Crippen LogP contribution in [0, 0.1) is 17.3 Å². The average Bonchev–Trinajstić information content (AvgIpc) is 2.81. The minimum absolute atomic E-state index is 0.0185. The largest absolute Gasteiger partial charge is 0.493 e. The summed E-state index contributed by atoms with van der Waals surface area (Å²) in [5, 5.41) is 0. The van der Waals surface area contributed by atoms with Crippen LogP contribution in [-0.4, -0.2) is 71.4 Å². The standard InChI is InChI=1S/C24H32O8/c1-9-11-15-13-22(28-4)20(26)23(29-5,30-6)17(15)18-21(22,12-10-2)14-16(27-3)19(25)24(18,31-7)32-8/h9-11,13-14,17-18H,2,12H2,1,3-8H3/b11-9+/t17?,18-,21-,22-/m0/s1. The predicted molar refractivity (Wildman–Crippen MR) is 115 cm³/mol. The van der Waals surface area contributed by atoms with E-state index < -0.39 is 46.0 Å². The lowest BCUT2D eigenvalue weighted by molar-refractivity contribution is -0.329. The van der Waals surface area contributed by atoms with Crippen molar-refractivity contribution in [3.8, 4) is 0 Å². The number of allylic oxidation sites excluding steroid dienone is 3. The van der Waals surface area contributed by atoms with Crippen LogP contribution in [0.2, 0.25) is 0 Å². The molecule has 0 amide bonds. The van der Waals surface area contributed by atoms with Gasteiger partial charge in [0.2, 0.25) is 17.4 Å². The van der Waals surface area contributed by atoms with Gasteiger partial charge >= 0.3 is 0 Å². The Morgan fingerprint density at radius 2 is 1.53 bits per heavy atom. The topological polar surface area (TPSA) is 89.5 Å². The molecule has 0 N–H and O–H groups in total. The van der Waals surface area contributed by atoms with Crippen molar-refractivity contribution in [3.05, 3.63) is 48.3 Å². The van der Waals surface area contributed by atoms with Gasteiger partial charge in [0.25, 0.3) is 5.78 Å². The lowest BCUT2D eigenvalue weighted by Gasteiger charge is -2.67. The van der Waals surface area contributed by atoms with Gasteiger partial charge in [0, 0.05) is 46.9 Å². The summed E-state index contributed by atoms with van der Waals surface area (Å²) >= 11 is 0. The molecular weight excluding hydrogens is 416 g/mol. The fraction of sp³-hybridized carbons (Fsp3) is 0.583. The van der Waals surface area contributed by atoms with Crippen molar-refractivity contribution in [1.29, 1.82) is 0 Å². The monoisotopic (exact) mass is 448 g/mol. The van der Waals surface area contributed by atoms with E-state index in [-0.39, 0.29) is 12.2 Å². The van der Waals surface area contributed by atoms with E-state index in [1.807, 2.05) is 19.1 Å². The first-order valence-electron chi connectivity index (χ1n) is 10.3. The summed E-state index contributed by atoms with van der Waals surface area (Å²) in [7, 11) is 8.42. The Balaban J connectivity index is 2.59. The molecule has 2 bridgehead atoms. The lowest BCUT2D eigenvalue weighted by Crippen LogP contribution is -2.81. The number of hydrogen-bond donors (Lipinski definition) is 0. The highest BCUT2D eigenvalue weighted by atomic mass is 16.7. The molecule has 8 heteroatoms. The second-order valence-corrected chi connectivity index (χ2v) is 8.10. The van der Waals surface area contributed by atoms with Crippen molar-refractivity contribution in [2.75, 3.05) is 42.7 Å². The third-order valence-corrected chi connectivity index (χ3v) is 7.31. The minimum atomic E-state index is -1.80. The van der Waals surface area contributed by atoms with Crippen LogP contribution in [0.5, 0.6) is 0 Å². The molecule has 1 unspecified atom stereocenters. The molecule has 0 aromatic heterocycles. The third-order valence-electron chi connectivity index (χ3n) is 7.31. The summed E-state index contributed by atoms with van der Waals surface area (Å²) in [6, 6.07) is 0. The summed E-state index contributed by atoms with van der Waals surface area (Å²) in [5.74, 6) is -6.00. The molecule has 0 heterocycles. The number of fused-ring (bicyclic) bond motifs is 1. The first kappa shape index (κ1) is 24.5. The highest BCUT2D eigenvalue weighted by Gasteiger charge is 2.82. The van der Waals surface area contributed by atoms with Gasteiger partial charge in [-0.2, -0.15) is 0 Å². The molecule has 0 aliphatic heterocycles. The van der Waals surface area contributed by atoms with Crippen molar-refractivity contribution in [1.82, 2.24) is 0 Å². The maximum absolute atomic E-state index is 14.2. The first-order valence-corrected chi connectivity index (χ1v) is 10.3. The maximum Gasteiger partial charge on any atom is 0.256 e. The molecule has 1 saturated carbocycles. The highest BCUT2D eigenvalue weighted by molar-refractivity contribution is 6.05. The summed E-state index contributed by atoms with van der Waals surface area (Å²) in [6.45, 7) is 5.77. The number of ketones is 2. The van der Waals surface area contributed by atoms with E-state index in [0.29, 0.717) is 5.57 Å². The van der Waals surface area contributed by atoms with Gasteiger partial charge in [-0.05, 0) is 31.1 Å². The Morgan fingerprint density at radius 3 is 1.97 bits per heavy atom. The van der Waals surface area contributed by atoms with E-state index in [1.54, 1.807) is 18.2 Å². The Labute approximate surface area is 188 Å². The quantitative estimate of drug-likeness (QED) is 0.392. The van der Waals surface area contributed by atoms with Crippen molar-refractivity contribution in [2.24, 2.45) is 17.3 Å². The van der Waals surface area contributed by atoms with Crippen LogP contribution < -0.4 is 0 Å². The van der Waals surface area contributed by atoms with Crippen molar-refractivity contribution in [3.63, 3.8) is 0 Å². The number of methoxy groups -OCH3 is 6. The SMILES string of the molecule is C=CC[C@]12C=C(OC)C(=O)C(OC)(OC)[C@H]1C1C(/C=C/C)=C[C@]2(OC)C(=O)C1(OC)OC. The van der Waals surface area contributed by atoms with Crippen LogP contribution in [0.25, 0.3) is 0 Å². The molecule has 4 aliphatic carbocycles. The molecule has 0 spiro atoms. The molecule has 0 aromatic carbocycles. The number of ether oxygens (including phenoxy) is 6. The van der Waals surface area contributed by atoms with Crippen LogP contribution in [0.3, 0.4) is 0 Å². The van der Waals surface area contributed by atoms with Crippen LogP contribution in [0.4, 0.5) is 0 Å². The second-order valence-electron chi connectivity index (χ2n) is 8.10. The molecule has 4 rings (SSSR count). The molecule has 0 saturated heterocycles. The first-order chi connectivity index (χ1) is 15.3. The van der Waals surface area contributed by atoms with E-state index in [0.717, 1.165) is 0 Å². The van der Waals surface area contributed by atoms with Gasteiger partial charge in [0.05, 0.1) is 13.0 Å². The molecular formula is C24H32O8. The average molecular weight is 449 g/mol. The van der Waals surface area contributed by atoms with Gasteiger partial charge in [-0.3, -0.25) is 9.59 Å². The molecule has 1 fully saturated rings. The van der Waals surface area contributed by atoms with Gasteiger partial charge < -0.3 is 28.4 Å². The van der Waals surface area contributed by atoms with E-state index >= 15 is 0 Å².